The van der Waals surface area contributed by atoms with Crippen molar-refractivity contribution >= 4 is 10.0 Å². The van der Waals surface area contributed by atoms with E-state index < -0.39 is 10.0 Å². The highest BCUT2D eigenvalue weighted by Gasteiger charge is 2.13. The molecule has 0 aliphatic heterocycles. The summed E-state index contributed by atoms with van der Waals surface area (Å²) >= 11 is 0. The number of aromatic nitrogens is 2. The van der Waals surface area contributed by atoms with E-state index in [0.29, 0.717) is 6.54 Å². The Balaban J connectivity index is 2.44. The van der Waals surface area contributed by atoms with Crippen LogP contribution < -0.4 is 4.72 Å². The molecule has 0 unspecified atom stereocenters. The van der Waals surface area contributed by atoms with Crippen LogP contribution in [-0.2, 0) is 10.0 Å². The molecule has 0 atom stereocenters. The Hall–Kier alpha value is -0.880. The fourth-order valence-corrected chi connectivity index (χ4v) is 2.03. The molecule has 80 valence electrons. The highest BCUT2D eigenvalue weighted by molar-refractivity contribution is 7.89. The van der Waals surface area contributed by atoms with Crippen LogP contribution in [0.4, 0.5) is 0 Å². The average molecular weight is 217 g/mol. The third-order valence-corrected chi connectivity index (χ3v) is 3.23. The van der Waals surface area contributed by atoms with Gasteiger partial charge in [0.15, 0.2) is 5.03 Å². The Bertz CT molecular complexity index is 345. The molecular weight excluding hydrogens is 202 g/mol. The molecule has 0 spiro atoms. The normalized spacial score (nSPS) is 11.8. The number of aromatic amines is 1. The molecule has 0 saturated carbocycles. The van der Waals surface area contributed by atoms with Crippen molar-refractivity contribution in [1.29, 1.82) is 0 Å². The minimum Gasteiger partial charge on any atom is -0.266 e. The fourth-order valence-electron chi connectivity index (χ4n) is 1.05. The monoisotopic (exact) mass is 217 g/mol. The van der Waals surface area contributed by atoms with Crippen molar-refractivity contribution in [3.05, 3.63) is 12.3 Å². The Labute approximate surface area is 84.0 Å². The molecule has 0 radical (unpaired) electrons. The van der Waals surface area contributed by atoms with Crippen LogP contribution in [0.5, 0.6) is 0 Å². The number of sulfonamides is 1. The van der Waals surface area contributed by atoms with Crippen LogP contribution in [-0.4, -0.2) is 25.2 Å². The number of nitrogens with zero attached hydrogens (tertiary/aromatic N) is 1. The average Bonchev–Trinajstić information content (AvgIpc) is 2.65. The van der Waals surface area contributed by atoms with E-state index in [4.69, 9.17) is 0 Å². The maximum atomic E-state index is 11.5. The molecular formula is C8H15N3O2S. The first-order chi connectivity index (χ1) is 6.67. The summed E-state index contributed by atoms with van der Waals surface area (Å²) in [6.45, 7) is 2.55. The van der Waals surface area contributed by atoms with E-state index in [1.807, 2.05) is 0 Å². The second-order valence-electron chi connectivity index (χ2n) is 3.03. The van der Waals surface area contributed by atoms with E-state index in [2.05, 4.69) is 21.8 Å². The standard InChI is InChI=1S/C8H15N3O2S/c1-2-3-4-6-10-14(12,13)8-5-7-9-11-8/h5,7,10H,2-4,6H2,1H3,(H,9,11). The summed E-state index contributed by atoms with van der Waals surface area (Å²) in [5.41, 5.74) is 0. The minimum atomic E-state index is -3.37. The highest BCUT2D eigenvalue weighted by atomic mass is 32.2. The molecule has 14 heavy (non-hydrogen) atoms. The molecule has 1 aromatic heterocycles. The third-order valence-electron chi connectivity index (χ3n) is 1.84. The Morgan fingerprint density at radius 1 is 1.50 bits per heavy atom. The quantitative estimate of drug-likeness (QED) is 0.694. The van der Waals surface area contributed by atoms with Gasteiger partial charge in [-0.3, -0.25) is 5.10 Å². The lowest BCUT2D eigenvalue weighted by atomic mass is 10.3. The molecule has 5 nitrogen and oxygen atoms in total. The topological polar surface area (TPSA) is 74.8 Å². The number of H-pyrrole nitrogens is 1. The van der Waals surface area contributed by atoms with Crippen molar-refractivity contribution in [3.63, 3.8) is 0 Å². The van der Waals surface area contributed by atoms with Gasteiger partial charge in [-0.2, -0.15) is 5.10 Å². The Kier molecular flexibility index (Phi) is 4.09. The number of hydrogen-bond acceptors (Lipinski definition) is 3. The van der Waals surface area contributed by atoms with E-state index in [1.54, 1.807) is 0 Å². The molecule has 0 aliphatic rings. The predicted octanol–water partition coefficient (Wildman–Crippen LogP) is 0.878. The lowest BCUT2D eigenvalue weighted by Gasteiger charge is -2.03. The van der Waals surface area contributed by atoms with E-state index in [-0.39, 0.29) is 5.03 Å². The van der Waals surface area contributed by atoms with Crippen molar-refractivity contribution in [1.82, 2.24) is 14.9 Å². The SMILES string of the molecule is CCCCCNS(=O)(=O)c1ccn[nH]1. The summed E-state index contributed by atoms with van der Waals surface area (Å²) in [4.78, 5) is 0. The van der Waals surface area contributed by atoms with Gasteiger partial charge in [0.05, 0.1) is 6.20 Å². The number of nitrogens with one attached hydrogen (secondary N) is 2. The fraction of sp³-hybridized carbons (Fsp3) is 0.625. The first-order valence-corrected chi connectivity index (χ1v) is 6.14. The van der Waals surface area contributed by atoms with Crippen LogP contribution in [0.15, 0.2) is 17.3 Å². The van der Waals surface area contributed by atoms with Crippen LogP contribution in [0.3, 0.4) is 0 Å². The van der Waals surface area contributed by atoms with Gasteiger partial charge < -0.3 is 0 Å². The van der Waals surface area contributed by atoms with E-state index in [9.17, 15) is 8.42 Å². The molecule has 1 heterocycles. The summed E-state index contributed by atoms with van der Waals surface area (Å²) < 4.78 is 25.4. The molecule has 2 N–H and O–H groups in total. The molecule has 0 aliphatic carbocycles. The molecule has 1 rings (SSSR count). The molecule has 0 bridgehead atoms. The van der Waals surface area contributed by atoms with Gasteiger partial charge in [-0.15, -0.1) is 0 Å². The van der Waals surface area contributed by atoms with Gasteiger partial charge in [0.2, 0.25) is 0 Å². The van der Waals surface area contributed by atoms with E-state index in [0.717, 1.165) is 19.3 Å². The first-order valence-electron chi connectivity index (χ1n) is 4.66. The van der Waals surface area contributed by atoms with Gasteiger partial charge in [-0.25, -0.2) is 13.1 Å². The second-order valence-corrected chi connectivity index (χ2v) is 4.76. The summed E-state index contributed by atoms with van der Waals surface area (Å²) in [6, 6.07) is 1.43. The van der Waals surface area contributed by atoms with Gasteiger partial charge in [0.1, 0.15) is 0 Å². The summed E-state index contributed by atoms with van der Waals surface area (Å²) in [7, 11) is -3.37. The maximum absolute atomic E-state index is 11.5. The van der Waals surface area contributed by atoms with Gasteiger partial charge >= 0.3 is 0 Å². The zero-order valence-electron chi connectivity index (χ0n) is 8.16. The van der Waals surface area contributed by atoms with E-state index in [1.165, 1.54) is 12.3 Å². The van der Waals surface area contributed by atoms with Crippen LogP contribution in [0.25, 0.3) is 0 Å². The molecule has 0 aromatic carbocycles. The van der Waals surface area contributed by atoms with Gasteiger partial charge in [0.25, 0.3) is 10.0 Å². The van der Waals surface area contributed by atoms with Gasteiger partial charge in [-0.1, -0.05) is 19.8 Å². The van der Waals surface area contributed by atoms with Crippen LogP contribution in [0, 0.1) is 0 Å². The Morgan fingerprint density at radius 3 is 2.86 bits per heavy atom. The zero-order chi connectivity index (χ0) is 10.4. The van der Waals surface area contributed by atoms with Crippen LogP contribution in [0.1, 0.15) is 26.2 Å². The highest BCUT2D eigenvalue weighted by Crippen LogP contribution is 2.02. The van der Waals surface area contributed by atoms with Crippen molar-refractivity contribution < 1.29 is 8.42 Å². The van der Waals surface area contributed by atoms with Crippen molar-refractivity contribution in [2.45, 2.75) is 31.2 Å². The molecule has 0 fully saturated rings. The zero-order valence-corrected chi connectivity index (χ0v) is 8.97. The van der Waals surface area contributed by atoms with Gasteiger partial charge in [-0.05, 0) is 12.5 Å². The maximum Gasteiger partial charge on any atom is 0.257 e. The predicted molar refractivity (Wildman–Crippen MR) is 53.3 cm³/mol. The van der Waals surface area contributed by atoms with Crippen molar-refractivity contribution in [3.8, 4) is 0 Å². The molecule has 0 amide bonds. The number of unbranched alkanes of at least 4 members (excludes halogenated alkanes) is 2. The van der Waals surface area contributed by atoms with Gasteiger partial charge in [0, 0.05) is 6.54 Å². The lowest BCUT2D eigenvalue weighted by Crippen LogP contribution is -2.25. The first kappa shape index (κ1) is 11.2. The molecule has 6 heteroatoms. The molecule has 1 aromatic rings. The summed E-state index contributed by atoms with van der Waals surface area (Å²) in [5.74, 6) is 0. The van der Waals surface area contributed by atoms with Crippen molar-refractivity contribution in [2.24, 2.45) is 0 Å². The number of rotatable bonds is 6. The van der Waals surface area contributed by atoms with Crippen LogP contribution in [0.2, 0.25) is 0 Å². The largest absolute Gasteiger partial charge is 0.266 e. The number of hydrogen-bond donors (Lipinski definition) is 2. The second kappa shape index (κ2) is 5.11. The van der Waals surface area contributed by atoms with Crippen molar-refractivity contribution in [2.75, 3.05) is 6.54 Å². The minimum absolute atomic E-state index is 0.119. The lowest BCUT2D eigenvalue weighted by molar-refractivity contribution is 0.572. The van der Waals surface area contributed by atoms with Crippen LogP contribution >= 0.6 is 0 Å². The third kappa shape index (κ3) is 3.12. The Morgan fingerprint density at radius 2 is 2.29 bits per heavy atom. The summed E-state index contributed by atoms with van der Waals surface area (Å²) in [6.07, 6.45) is 4.39. The van der Waals surface area contributed by atoms with E-state index >= 15 is 0 Å². The smallest absolute Gasteiger partial charge is 0.257 e. The molecule has 0 saturated heterocycles. The summed E-state index contributed by atoms with van der Waals surface area (Å²) in [5, 5.41) is 6.13.